The van der Waals surface area contributed by atoms with Gasteiger partial charge in [0, 0.05) is 31.1 Å². The van der Waals surface area contributed by atoms with Crippen molar-refractivity contribution in [3.8, 4) is 0 Å². The minimum atomic E-state index is -0.926. The third kappa shape index (κ3) is 4.91. The van der Waals surface area contributed by atoms with Crippen molar-refractivity contribution < 1.29 is 19.5 Å². The average molecular weight is 299 g/mol. The van der Waals surface area contributed by atoms with E-state index in [1.165, 1.54) is 0 Å². The average Bonchev–Trinajstić information content (AvgIpc) is 2.36. The molecule has 1 rings (SSSR count). The summed E-state index contributed by atoms with van der Waals surface area (Å²) in [5.41, 5.74) is 4.83. The van der Waals surface area contributed by atoms with Crippen molar-refractivity contribution in [1.82, 2.24) is 9.80 Å². The topological polar surface area (TPSA) is 104 Å². The lowest BCUT2D eigenvalue weighted by Crippen LogP contribution is -2.54. The number of carboxylic acid groups (broad SMARTS) is 1. The highest BCUT2D eigenvalue weighted by atomic mass is 16.4. The van der Waals surface area contributed by atoms with Gasteiger partial charge in [0.2, 0.25) is 5.91 Å². The van der Waals surface area contributed by atoms with Gasteiger partial charge < -0.3 is 20.6 Å². The van der Waals surface area contributed by atoms with E-state index >= 15 is 0 Å². The summed E-state index contributed by atoms with van der Waals surface area (Å²) in [7, 11) is 0. The van der Waals surface area contributed by atoms with Gasteiger partial charge in [0.1, 0.15) is 0 Å². The highest BCUT2D eigenvalue weighted by Gasteiger charge is 2.33. The molecule has 3 N–H and O–H groups in total. The summed E-state index contributed by atoms with van der Waals surface area (Å²) in [6, 6.07) is -0.174. The Bertz CT molecular complexity index is 409. The first-order valence-electron chi connectivity index (χ1n) is 7.20. The van der Waals surface area contributed by atoms with Crippen LogP contribution in [0.3, 0.4) is 0 Å². The van der Waals surface area contributed by atoms with Crippen LogP contribution in [0.2, 0.25) is 0 Å². The highest BCUT2D eigenvalue weighted by molar-refractivity contribution is 5.78. The molecule has 120 valence electrons. The maximum absolute atomic E-state index is 12.6. The summed E-state index contributed by atoms with van der Waals surface area (Å²) >= 11 is 0. The Morgan fingerprint density at radius 1 is 1.24 bits per heavy atom. The van der Waals surface area contributed by atoms with Gasteiger partial charge in [0.15, 0.2) is 0 Å². The van der Waals surface area contributed by atoms with Crippen LogP contribution < -0.4 is 5.73 Å². The summed E-state index contributed by atoms with van der Waals surface area (Å²) in [6.07, 6.45) is 1.05. The quantitative estimate of drug-likeness (QED) is 0.804. The van der Waals surface area contributed by atoms with Gasteiger partial charge >= 0.3 is 12.0 Å². The molecule has 21 heavy (non-hydrogen) atoms. The molecule has 7 heteroatoms. The molecule has 0 aliphatic carbocycles. The van der Waals surface area contributed by atoms with E-state index in [4.69, 9.17) is 10.8 Å². The smallest absolute Gasteiger partial charge is 0.320 e. The lowest BCUT2D eigenvalue weighted by atomic mass is 9.96. The van der Waals surface area contributed by atoms with Crippen LogP contribution in [0.25, 0.3) is 0 Å². The fraction of sp³-hybridized carbons (Fsp3) is 0.786. The van der Waals surface area contributed by atoms with E-state index in [9.17, 15) is 14.4 Å². The summed E-state index contributed by atoms with van der Waals surface area (Å²) in [6.45, 7) is 6.76. The molecule has 0 aromatic heterocycles. The second-order valence-electron chi connectivity index (χ2n) is 6.41. The van der Waals surface area contributed by atoms with Gasteiger partial charge in [-0.2, -0.15) is 0 Å². The third-order valence-electron chi connectivity index (χ3n) is 3.76. The molecule has 0 aromatic rings. The molecule has 0 unspecified atom stereocenters. The molecule has 3 amide bonds. The number of hydrogen-bond donors (Lipinski definition) is 2. The van der Waals surface area contributed by atoms with Crippen LogP contribution in [0, 0.1) is 5.92 Å². The molecule has 0 radical (unpaired) electrons. The number of likely N-dealkylation sites (tertiary alicyclic amines) is 1. The Labute approximate surface area is 125 Å². The first-order valence-corrected chi connectivity index (χ1v) is 7.20. The SMILES string of the molecule is CC(C)(C)N(CCC(=O)O)C(=O)N1CCC(C(N)=O)CC1. The number of amides is 3. The zero-order valence-corrected chi connectivity index (χ0v) is 13.0. The number of urea groups is 1. The summed E-state index contributed by atoms with van der Waals surface area (Å²) in [5.74, 6) is -1.42. The van der Waals surface area contributed by atoms with E-state index in [0.29, 0.717) is 25.9 Å². The Morgan fingerprint density at radius 2 is 1.76 bits per heavy atom. The van der Waals surface area contributed by atoms with Gasteiger partial charge in [-0.1, -0.05) is 0 Å². The van der Waals surface area contributed by atoms with Gasteiger partial charge in [-0.3, -0.25) is 9.59 Å². The fourth-order valence-corrected chi connectivity index (χ4v) is 2.45. The molecule has 0 spiro atoms. The molecular weight excluding hydrogens is 274 g/mol. The summed E-state index contributed by atoms with van der Waals surface area (Å²) < 4.78 is 0. The minimum absolute atomic E-state index is 0.0826. The van der Waals surface area contributed by atoms with Crippen LogP contribution in [-0.2, 0) is 9.59 Å². The standard InChI is InChI=1S/C14H25N3O4/c1-14(2,3)17(9-6-11(18)19)13(21)16-7-4-10(5-8-16)12(15)20/h10H,4-9H2,1-3H3,(H2,15,20)(H,18,19). The molecular formula is C14H25N3O4. The second kappa shape index (κ2) is 6.78. The number of aliphatic carboxylic acids is 1. The van der Waals surface area contributed by atoms with Crippen LogP contribution in [-0.4, -0.2) is 58.0 Å². The molecule has 1 heterocycles. The van der Waals surface area contributed by atoms with E-state index < -0.39 is 11.5 Å². The van der Waals surface area contributed by atoms with Gasteiger partial charge in [0.05, 0.1) is 6.42 Å². The van der Waals surface area contributed by atoms with Crippen molar-refractivity contribution in [3.05, 3.63) is 0 Å². The zero-order chi connectivity index (χ0) is 16.2. The van der Waals surface area contributed by atoms with Crippen LogP contribution >= 0.6 is 0 Å². The Hall–Kier alpha value is -1.79. The van der Waals surface area contributed by atoms with Gasteiger partial charge in [-0.05, 0) is 33.6 Å². The normalized spacial score (nSPS) is 16.6. The third-order valence-corrected chi connectivity index (χ3v) is 3.76. The monoisotopic (exact) mass is 299 g/mol. The molecule has 1 aliphatic heterocycles. The van der Waals surface area contributed by atoms with E-state index in [1.54, 1.807) is 9.80 Å². The number of carboxylic acids is 1. The van der Waals surface area contributed by atoms with Crippen molar-refractivity contribution in [2.45, 2.75) is 45.6 Å². The number of hydrogen-bond acceptors (Lipinski definition) is 3. The van der Waals surface area contributed by atoms with Crippen LogP contribution in [0.15, 0.2) is 0 Å². The Balaban J connectivity index is 2.69. The molecule has 7 nitrogen and oxygen atoms in total. The maximum atomic E-state index is 12.6. The van der Waals surface area contributed by atoms with Gasteiger partial charge in [-0.15, -0.1) is 0 Å². The van der Waals surface area contributed by atoms with Gasteiger partial charge in [-0.25, -0.2) is 4.79 Å². The number of rotatable bonds is 4. The first kappa shape index (κ1) is 17.3. The molecule has 1 saturated heterocycles. The Kier molecular flexibility index (Phi) is 5.57. The van der Waals surface area contributed by atoms with E-state index in [-0.39, 0.29) is 30.8 Å². The van der Waals surface area contributed by atoms with Crippen molar-refractivity contribution >= 4 is 17.9 Å². The number of carbonyl (C=O) groups is 3. The van der Waals surface area contributed by atoms with E-state index in [2.05, 4.69) is 0 Å². The number of nitrogens with two attached hydrogens (primary N) is 1. The van der Waals surface area contributed by atoms with E-state index in [0.717, 1.165) is 0 Å². The van der Waals surface area contributed by atoms with Gasteiger partial charge in [0.25, 0.3) is 0 Å². The predicted octanol–water partition coefficient (Wildman–Crippen LogP) is 0.879. The van der Waals surface area contributed by atoms with E-state index in [1.807, 2.05) is 20.8 Å². The predicted molar refractivity (Wildman–Crippen MR) is 77.6 cm³/mol. The number of primary amides is 1. The zero-order valence-electron chi connectivity index (χ0n) is 13.0. The van der Waals surface area contributed by atoms with Crippen molar-refractivity contribution in [1.29, 1.82) is 0 Å². The fourth-order valence-electron chi connectivity index (χ4n) is 2.45. The Morgan fingerprint density at radius 3 is 2.14 bits per heavy atom. The van der Waals surface area contributed by atoms with Crippen molar-refractivity contribution in [3.63, 3.8) is 0 Å². The number of nitrogens with zero attached hydrogens (tertiary/aromatic N) is 2. The first-order chi connectivity index (χ1) is 9.62. The maximum Gasteiger partial charge on any atom is 0.320 e. The van der Waals surface area contributed by atoms with Crippen LogP contribution in [0.1, 0.15) is 40.0 Å². The molecule has 0 saturated carbocycles. The highest BCUT2D eigenvalue weighted by Crippen LogP contribution is 2.21. The lowest BCUT2D eigenvalue weighted by molar-refractivity contribution is -0.137. The summed E-state index contributed by atoms with van der Waals surface area (Å²) in [4.78, 5) is 37.7. The minimum Gasteiger partial charge on any atom is -0.481 e. The molecule has 0 bridgehead atoms. The summed E-state index contributed by atoms with van der Waals surface area (Å²) in [5, 5.41) is 8.81. The number of carbonyl (C=O) groups excluding carboxylic acids is 2. The largest absolute Gasteiger partial charge is 0.481 e. The molecule has 1 fully saturated rings. The molecule has 0 atom stereocenters. The molecule has 0 aromatic carbocycles. The van der Waals surface area contributed by atoms with Crippen molar-refractivity contribution in [2.75, 3.05) is 19.6 Å². The van der Waals surface area contributed by atoms with Crippen molar-refractivity contribution in [2.24, 2.45) is 11.7 Å². The van der Waals surface area contributed by atoms with Crippen LogP contribution in [0.5, 0.6) is 0 Å². The second-order valence-corrected chi connectivity index (χ2v) is 6.41. The number of piperidine rings is 1. The lowest BCUT2D eigenvalue weighted by Gasteiger charge is -2.41. The van der Waals surface area contributed by atoms with Crippen LogP contribution in [0.4, 0.5) is 4.79 Å². The molecule has 1 aliphatic rings.